The van der Waals surface area contributed by atoms with E-state index in [1.165, 1.54) is 24.3 Å². The number of para-hydroxylation sites is 2. The number of hydrogen-bond donors (Lipinski definition) is 1. The molecule has 0 saturated heterocycles. The van der Waals surface area contributed by atoms with Gasteiger partial charge in [0.25, 0.3) is 5.56 Å². The van der Waals surface area contributed by atoms with E-state index in [9.17, 15) is 18.4 Å². The summed E-state index contributed by atoms with van der Waals surface area (Å²) >= 11 is 0. The van der Waals surface area contributed by atoms with Crippen LogP contribution in [-0.2, 0) is 11.3 Å². The van der Waals surface area contributed by atoms with Crippen LogP contribution in [0, 0.1) is 11.6 Å². The van der Waals surface area contributed by atoms with Crippen LogP contribution in [0.4, 0.5) is 14.6 Å². The van der Waals surface area contributed by atoms with Crippen LogP contribution in [0.25, 0.3) is 16.8 Å². The summed E-state index contributed by atoms with van der Waals surface area (Å²) in [5, 5.41) is 2.88. The van der Waals surface area contributed by atoms with Crippen LogP contribution in [-0.4, -0.2) is 19.9 Å². The third-order valence-electron chi connectivity index (χ3n) is 6.26. The number of benzene rings is 3. The summed E-state index contributed by atoms with van der Waals surface area (Å²) in [7, 11) is 0. The summed E-state index contributed by atoms with van der Waals surface area (Å²) in [6, 6.07) is 19.2. The number of nitrogens with one attached hydrogen (secondary N) is 1. The molecular weight excluding hydrogens is 438 g/mol. The highest BCUT2D eigenvalue weighted by atomic mass is 19.1. The summed E-state index contributed by atoms with van der Waals surface area (Å²) in [5.41, 5.74) is 2.91. The molecule has 0 spiro atoms. The van der Waals surface area contributed by atoms with Gasteiger partial charge in [-0.25, -0.2) is 13.8 Å². The molecule has 2 aromatic heterocycles. The SMILES string of the molecule is O=C1CC(c2ccc(F)cc2)c2c(n3c4ccccc4nc3n(Cc3ccc(F)cc3)c2=O)N1. The summed E-state index contributed by atoms with van der Waals surface area (Å²) in [5.74, 6) is -0.811. The maximum absolute atomic E-state index is 13.9. The van der Waals surface area contributed by atoms with E-state index in [0.29, 0.717) is 28.2 Å². The van der Waals surface area contributed by atoms with Crippen LogP contribution in [0.1, 0.15) is 29.0 Å². The highest BCUT2D eigenvalue weighted by Gasteiger charge is 2.33. The number of rotatable bonds is 3. The first kappa shape index (κ1) is 20.3. The predicted molar refractivity (Wildman–Crippen MR) is 124 cm³/mol. The van der Waals surface area contributed by atoms with Crippen molar-refractivity contribution >= 4 is 28.5 Å². The fourth-order valence-corrected chi connectivity index (χ4v) is 4.68. The highest BCUT2D eigenvalue weighted by molar-refractivity contribution is 5.96. The molecule has 1 aliphatic rings. The minimum absolute atomic E-state index is 0.0581. The largest absolute Gasteiger partial charge is 0.311 e. The second-order valence-electron chi connectivity index (χ2n) is 8.37. The van der Waals surface area contributed by atoms with E-state index < -0.39 is 11.7 Å². The lowest BCUT2D eigenvalue weighted by atomic mass is 9.86. The molecule has 6 rings (SSSR count). The summed E-state index contributed by atoms with van der Waals surface area (Å²) in [6.07, 6.45) is 0.0581. The predicted octanol–water partition coefficient (Wildman–Crippen LogP) is 4.45. The molecule has 1 atom stereocenters. The molecule has 3 heterocycles. The molecule has 6 nitrogen and oxygen atoms in total. The molecule has 8 heteroatoms. The van der Waals surface area contributed by atoms with E-state index in [1.54, 1.807) is 33.2 Å². The minimum Gasteiger partial charge on any atom is -0.311 e. The van der Waals surface area contributed by atoms with Gasteiger partial charge in [-0.3, -0.25) is 18.6 Å². The van der Waals surface area contributed by atoms with Gasteiger partial charge in [0.1, 0.15) is 17.5 Å². The van der Waals surface area contributed by atoms with Crippen LogP contribution in [0.15, 0.2) is 77.6 Å². The zero-order valence-corrected chi connectivity index (χ0v) is 17.8. The van der Waals surface area contributed by atoms with E-state index in [4.69, 9.17) is 0 Å². The van der Waals surface area contributed by atoms with Gasteiger partial charge >= 0.3 is 0 Å². The Labute approximate surface area is 192 Å². The van der Waals surface area contributed by atoms with Crippen molar-refractivity contribution in [3.63, 3.8) is 0 Å². The number of carbonyl (C=O) groups excluding carboxylic acids is 1. The fourth-order valence-electron chi connectivity index (χ4n) is 4.68. The average Bonchev–Trinajstić information content (AvgIpc) is 3.22. The zero-order chi connectivity index (χ0) is 23.4. The quantitative estimate of drug-likeness (QED) is 0.436. The molecule has 5 aromatic rings. The molecule has 34 heavy (non-hydrogen) atoms. The number of carbonyl (C=O) groups is 1. The molecule has 0 saturated carbocycles. The number of fused-ring (bicyclic) bond motifs is 5. The van der Waals surface area contributed by atoms with Gasteiger partial charge in [-0.05, 0) is 47.5 Å². The van der Waals surface area contributed by atoms with Crippen molar-refractivity contribution in [3.05, 3.63) is 111 Å². The second-order valence-corrected chi connectivity index (χ2v) is 8.37. The summed E-state index contributed by atoms with van der Waals surface area (Å²) < 4.78 is 30.4. The molecule has 1 amide bonds. The monoisotopic (exact) mass is 456 g/mol. The number of hydrogen-bond acceptors (Lipinski definition) is 3. The fraction of sp³-hybridized carbons (Fsp3) is 0.115. The van der Waals surface area contributed by atoms with Crippen LogP contribution in [0.2, 0.25) is 0 Å². The van der Waals surface area contributed by atoms with E-state index in [2.05, 4.69) is 10.3 Å². The molecule has 0 fully saturated rings. The molecule has 0 aliphatic carbocycles. The van der Waals surface area contributed by atoms with Crippen molar-refractivity contribution in [2.45, 2.75) is 18.9 Å². The van der Waals surface area contributed by atoms with Crippen molar-refractivity contribution in [3.8, 4) is 0 Å². The van der Waals surface area contributed by atoms with Gasteiger partial charge in [0.2, 0.25) is 11.7 Å². The number of amides is 1. The lowest BCUT2D eigenvalue weighted by Crippen LogP contribution is -2.36. The normalized spacial score (nSPS) is 15.5. The first-order valence-corrected chi connectivity index (χ1v) is 10.8. The van der Waals surface area contributed by atoms with Crippen LogP contribution >= 0.6 is 0 Å². The Kier molecular flexibility index (Phi) is 4.55. The lowest BCUT2D eigenvalue weighted by Gasteiger charge is -2.27. The zero-order valence-electron chi connectivity index (χ0n) is 17.8. The third kappa shape index (κ3) is 3.18. The van der Waals surface area contributed by atoms with Crippen LogP contribution in [0.5, 0.6) is 0 Å². The Bertz CT molecular complexity index is 1640. The summed E-state index contributed by atoms with van der Waals surface area (Å²) in [4.78, 5) is 31.4. The van der Waals surface area contributed by atoms with Gasteiger partial charge in [-0.15, -0.1) is 0 Å². The third-order valence-corrected chi connectivity index (χ3v) is 6.26. The van der Waals surface area contributed by atoms with Crippen molar-refractivity contribution < 1.29 is 13.6 Å². The molecule has 3 aromatic carbocycles. The van der Waals surface area contributed by atoms with Gasteiger partial charge in [0.15, 0.2) is 0 Å². The Hall–Kier alpha value is -4.33. The van der Waals surface area contributed by atoms with Crippen molar-refractivity contribution in [1.29, 1.82) is 0 Å². The van der Waals surface area contributed by atoms with Crippen molar-refractivity contribution in [2.75, 3.05) is 5.32 Å². The van der Waals surface area contributed by atoms with E-state index >= 15 is 0 Å². The van der Waals surface area contributed by atoms with Crippen molar-refractivity contribution in [1.82, 2.24) is 14.0 Å². The van der Waals surface area contributed by atoms with Gasteiger partial charge in [-0.2, -0.15) is 0 Å². The Morgan fingerprint density at radius 1 is 0.912 bits per heavy atom. The summed E-state index contributed by atoms with van der Waals surface area (Å²) in [6.45, 7) is 0.170. The van der Waals surface area contributed by atoms with E-state index in [0.717, 1.165) is 11.1 Å². The molecule has 1 N–H and O–H groups in total. The number of halogens is 2. The van der Waals surface area contributed by atoms with Gasteiger partial charge < -0.3 is 5.32 Å². The topological polar surface area (TPSA) is 68.4 Å². The first-order chi connectivity index (χ1) is 16.5. The molecule has 168 valence electrons. The average molecular weight is 456 g/mol. The maximum Gasteiger partial charge on any atom is 0.261 e. The van der Waals surface area contributed by atoms with Crippen LogP contribution in [0.3, 0.4) is 0 Å². The van der Waals surface area contributed by atoms with Crippen LogP contribution < -0.4 is 10.9 Å². The van der Waals surface area contributed by atoms with Gasteiger partial charge in [-0.1, -0.05) is 36.4 Å². The Morgan fingerprint density at radius 2 is 1.59 bits per heavy atom. The van der Waals surface area contributed by atoms with E-state index in [-0.39, 0.29) is 30.2 Å². The minimum atomic E-state index is -0.554. The van der Waals surface area contributed by atoms with E-state index in [1.807, 2.05) is 24.3 Å². The molecular formula is C26H18F2N4O2. The number of aromatic nitrogens is 3. The number of nitrogens with zero attached hydrogens (tertiary/aromatic N) is 3. The highest BCUT2D eigenvalue weighted by Crippen LogP contribution is 2.36. The maximum atomic E-state index is 13.9. The lowest BCUT2D eigenvalue weighted by molar-refractivity contribution is -0.116. The standard InChI is InChI=1S/C26H18F2N4O2/c27-17-9-5-15(6-10-17)14-31-25(34)23-19(16-7-11-18(28)12-8-16)13-22(33)30-24(23)32-21-4-2-1-3-20(21)29-26(31)32/h1-12,19H,13-14H2,(H,30,33). The van der Waals surface area contributed by atoms with Gasteiger partial charge in [0, 0.05) is 12.3 Å². The molecule has 1 aliphatic heterocycles. The number of anilines is 1. The molecule has 0 radical (unpaired) electrons. The second kappa shape index (κ2) is 7.62. The van der Waals surface area contributed by atoms with Gasteiger partial charge in [0.05, 0.1) is 23.1 Å². The Balaban J connectivity index is 1.68. The molecule has 1 unspecified atom stereocenters. The Morgan fingerprint density at radius 3 is 2.32 bits per heavy atom. The number of imidazole rings is 1. The first-order valence-electron chi connectivity index (χ1n) is 10.8. The molecule has 0 bridgehead atoms. The smallest absolute Gasteiger partial charge is 0.261 e. The van der Waals surface area contributed by atoms with Crippen molar-refractivity contribution in [2.24, 2.45) is 0 Å².